The molecule has 6 nitrogen and oxygen atoms in total. The first kappa shape index (κ1) is 16.7. The first-order chi connectivity index (χ1) is 9.99. The van der Waals surface area contributed by atoms with Crippen molar-refractivity contribution < 1.29 is 18.3 Å². The maximum absolute atomic E-state index is 12.7. The first-order valence-electron chi connectivity index (χ1n) is 7.88. The Morgan fingerprint density at radius 2 is 1.95 bits per heavy atom. The molecule has 0 radical (unpaired) electrons. The van der Waals surface area contributed by atoms with Crippen LogP contribution in [0.5, 0.6) is 0 Å². The Morgan fingerprint density at radius 1 is 1.24 bits per heavy atom. The molecule has 1 amide bonds. The van der Waals surface area contributed by atoms with E-state index in [0.29, 0.717) is 32.5 Å². The topological polar surface area (TPSA) is 77.9 Å². The third kappa shape index (κ3) is 3.76. The summed E-state index contributed by atoms with van der Waals surface area (Å²) in [6.07, 6.45) is 3.74. The number of hydrogen-bond acceptors (Lipinski definition) is 4. The monoisotopic (exact) mass is 318 g/mol. The summed E-state index contributed by atoms with van der Waals surface area (Å²) in [5.74, 6) is 0.158. The van der Waals surface area contributed by atoms with Gasteiger partial charge in [0.25, 0.3) is 0 Å². The van der Waals surface area contributed by atoms with Crippen molar-refractivity contribution in [3.05, 3.63) is 0 Å². The Bertz CT molecular complexity index is 466. The number of rotatable bonds is 5. The Labute approximate surface area is 127 Å². The molecule has 0 saturated carbocycles. The highest BCUT2D eigenvalue weighted by molar-refractivity contribution is 7.89. The third-order valence-electron chi connectivity index (χ3n) is 4.40. The van der Waals surface area contributed by atoms with Crippen LogP contribution in [0.1, 0.15) is 39.0 Å². The summed E-state index contributed by atoms with van der Waals surface area (Å²) in [6, 6.07) is -0.529. The summed E-state index contributed by atoms with van der Waals surface area (Å²) in [5, 5.41) is 9.26. The first-order valence-corrected chi connectivity index (χ1v) is 9.49. The van der Waals surface area contributed by atoms with E-state index < -0.39 is 16.1 Å². The summed E-state index contributed by atoms with van der Waals surface area (Å²) in [5.41, 5.74) is 0. The van der Waals surface area contributed by atoms with E-state index in [2.05, 4.69) is 0 Å². The van der Waals surface area contributed by atoms with E-state index in [1.807, 2.05) is 6.92 Å². The van der Waals surface area contributed by atoms with Gasteiger partial charge in [0.2, 0.25) is 15.9 Å². The molecule has 2 aliphatic heterocycles. The van der Waals surface area contributed by atoms with Crippen LogP contribution in [0.25, 0.3) is 0 Å². The fraction of sp³-hybridized carbons (Fsp3) is 0.929. The van der Waals surface area contributed by atoms with Gasteiger partial charge < -0.3 is 10.0 Å². The second-order valence-corrected chi connectivity index (χ2v) is 8.10. The SMILES string of the molecule is CCCS(=O)(=O)N1CCCC1C(=O)N1CCCC(CO)C1. The number of likely N-dealkylation sites (tertiary alicyclic amines) is 1. The van der Waals surface area contributed by atoms with Gasteiger partial charge in [-0.3, -0.25) is 4.79 Å². The molecule has 0 aliphatic carbocycles. The van der Waals surface area contributed by atoms with Crippen molar-refractivity contribution in [2.75, 3.05) is 32.0 Å². The van der Waals surface area contributed by atoms with Gasteiger partial charge in [-0.15, -0.1) is 0 Å². The molecular formula is C14H26N2O4S. The van der Waals surface area contributed by atoms with Crippen molar-refractivity contribution in [1.82, 2.24) is 9.21 Å². The molecule has 0 aromatic rings. The minimum Gasteiger partial charge on any atom is -0.396 e. The Morgan fingerprint density at radius 3 is 2.62 bits per heavy atom. The van der Waals surface area contributed by atoms with E-state index in [4.69, 9.17) is 0 Å². The van der Waals surface area contributed by atoms with Crippen molar-refractivity contribution in [1.29, 1.82) is 0 Å². The van der Waals surface area contributed by atoms with E-state index >= 15 is 0 Å². The summed E-state index contributed by atoms with van der Waals surface area (Å²) >= 11 is 0. The molecule has 2 saturated heterocycles. The highest BCUT2D eigenvalue weighted by Gasteiger charge is 2.40. The number of sulfonamides is 1. The van der Waals surface area contributed by atoms with Gasteiger partial charge in [-0.05, 0) is 38.0 Å². The van der Waals surface area contributed by atoms with Crippen LogP contribution in [0.2, 0.25) is 0 Å². The average Bonchev–Trinajstić information content (AvgIpc) is 2.97. The second kappa shape index (κ2) is 7.07. The number of nitrogens with zero attached hydrogens (tertiary/aromatic N) is 2. The third-order valence-corrected chi connectivity index (χ3v) is 6.47. The van der Waals surface area contributed by atoms with Gasteiger partial charge in [0.05, 0.1) is 5.75 Å². The van der Waals surface area contributed by atoms with Crippen LogP contribution in [-0.4, -0.2) is 66.7 Å². The lowest BCUT2D eigenvalue weighted by Gasteiger charge is -2.35. The second-order valence-electron chi connectivity index (χ2n) is 6.06. The summed E-state index contributed by atoms with van der Waals surface area (Å²) < 4.78 is 25.9. The Kier molecular flexibility index (Phi) is 5.62. The minimum absolute atomic E-state index is 0.0784. The van der Waals surface area contributed by atoms with Crippen molar-refractivity contribution in [2.45, 2.75) is 45.1 Å². The van der Waals surface area contributed by atoms with Gasteiger partial charge in [0.1, 0.15) is 6.04 Å². The molecule has 2 rings (SSSR count). The summed E-state index contributed by atoms with van der Waals surface area (Å²) in [4.78, 5) is 14.4. The molecule has 7 heteroatoms. The number of aliphatic hydroxyl groups is 1. The van der Waals surface area contributed by atoms with Gasteiger partial charge in [0, 0.05) is 26.2 Å². The van der Waals surface area contributed by atoms with Gasteiger partial charge in [0.15, 0.2) is 0 Å². The normalized spacial score (nSPS) is 28.0. The lowest BCUT2D eigenvalue weighted by atomic mass is 9.98. The summed E-state index contributed by atoms with van der Waals surface area (Å²) in [6.45, 7) is 3.60. The highest BCUT2D eigenvalue weighted by atomic mass is 32.2. The number of aliphatic hydroxyl groups excluding tert-OH is 1. The molecular weight excluding hydrogens is 292 g/mol. The van der Waals surface area contributed by atoms with E-state index in [1.54, 1.807) is 4.90 Å². The van der Waals surface area contributed by atoms with Crippen LogP contribution in [0, 0.1) is 5.92 Å². The van der Waals surface area contributed by atoms with Crippen LogP contribution >= 0.6 is 0 Å². The van der Waals surface area contributed by atoms with Crippen LogP contribution in [-0.2, 0) is 14.8 Å². The predicted molar refractivity (Wildman–Crippen MR) is 80.2 cm³/mol. The molecule has 2 atom stereocenters. The summed E-state index contributed by atoms with van der Waals surface area (Å²) in [7, 11) is -3.33. The molecule has 0 spiro atoms. The van der Waals surface area contributed by atoms with Gasteiger partial charge in [-0.25, -0.2) is 8.42 Å². The van der Waals surface area contributed by atoms with Crippen molar-refractivity contribution in [3.8, 4) is 0 Å². The van der Waals surface area contributed by atoms with Crippen LogP contribution in [0.3, 0.4) is 0 Å². The quantitative estimate of drug-likeness (QED) is 0.797. The van der Waals surface area contributed by atoms with Crippen LogP contribution < -0.4 is 0 Å². The van der Waals surface area contributed by atoms with Crippen LogP contribution in [0.4, 0.5) is 0 Å². The zero-order valence-corrected chi connectivity index (χ0v) is 13.5. The highest BCUT2D eigenvalue weighted by Crippen LogP contribution is 2.25. The van der Waals surface area contributed by atoms with Crippen molar-refractivity contribution in [3.63, 3.8) is 0 Å². The molecule has 21 heavy (non-hydrogen) atoms. The molecule has 2 fully saturated rings. The van der Waals surface area contributed by atoms with Crippen LogP contribution in [0.15, 0.2) is 0 Å². The Hall–Kier alpha value is -0.660. The maximum atomic E-state index is 12.7. The minimum atomic E-state index is -3.33. The average molecular weight is 318 g/mol. The molecule has 2 unspecified atom stereocenters. The molecule has 0 aromatic heterocycles. The zero-order chi connectivity index (χ0) is 15.5. The van der Waals surface area contributed by atoms with Gasteiger partial charge in [-0.1, -0.05) is 6.92 Å². The van der Waals surface area contributed by atoms with E-state index in [-0.39, 0.29) is 24.2 Å². The fourth-order valence-electron chi connectivity index (χ4n) is 3.32. The van der Waals surface area contributed by atoms with E-state index in [1.165, 1.54) is 4.31 Å². The number of carbonyl (C=O) groups excluding carboxylic acids is 1. The zero-order valence-electron chi connectivity index (χ0n) is 12.7. The molecule has 122 valence electrons. The molecule has 0 bridgehead atoms. The van der Waals surface area contributed by atoms with Gasteiger partial charge in [-0.2, -0.15) is 4.31 Å². The van der Waals surface area contributed by atoms with Crippen molar-refractivity contribution in [2.24, 2.45) is 5.92 Å². The van der Waals surface area contributed by atoms with E-state index in [0.717, 1.165) is 19.3 Å². The molecule has 1 N–H and O–H groups in total. The maximum Gasteiger partial charge on any atom is 0.241 e. The number of amides is 1. The van der Waals surface area contributed by atoms with Gasteiger partial charge >= 0.3 is 0 Å². The molecule has 0 aromatic carbocycles. The largest absolute Gasteiger partial charge is 0.396 e. The molecule has 2 heterocycles. The number of hydrogen-bond donors (Lipinski definition) is 1. The predicted octanol–water partition coefficient (Wildman–Crippen LogP) is 0.422. The number of piperidine rings is 1. The number of carbonyl (C=O) groups is 1. The van der Waals surface area contributed by atoms with E-state index in [9.17, 15) is 18.3 Å². The lowest BCUT2D eigenvalue weighted by molar-refractivity contribution is -0.136. The Balaban J connectivity index is 2.07. The lowest BCUT2D eigenvalue weighted by Crippen LogP contribution is -2.51. The fourth-order valence-corrected chi connectivity index (χ4v) is 5.06. The smallest absolute Gasteiger partial charge is 0.241 e. The standard InChI is InChI=1S/C14H26N2O4S/c1-2-9-21(19,20)16-8-4-6-13(16)14(18)15-7-3-5-12(10-15)11-17/h12-13,17H,2-11H2,1H3. The van der Waals surface area contributed by atoms with Crippen molar-refractivity contribution >= 4 is 15.9 Å². The molecule has 2 aliphatic rings.